The maximum absolute atomic E-state index is 5.15. The van der Waals surface area contributed by atoms with E-state index in [1.54, 1.807) is 6.39 Å². The molecule has 0 saturated carbocycles. The van der Waals surface area contributed by atoms with Crippen molar-refractivity contribution in [3.05, 3.63) is 18.4 Å². The van der Waals surface area contributed by atoms with Gasteiger partial charge in [-0.05, 0) is 12.8 Å². The normalized spacial score (nSPS) is 14.2. The summed E-state index contributed by atoms with van der Waals surface area (Å²) in [5.74, 6) is 0. The Morgan fingerprint density at radius 3 is 1.95 bits per heavy atom. The summed E-state index contributed by atoms with van der Waals surface area (Å²) in [5, 5.41) is 0. The third-order valence-corrected chi connectivity index (χ3v) is 4.91. The molecule has 1 aromatic heterocycles. The molecule has 0 aliphatic carbocycles. The summed E-state index contributed by atoms with van der Waals surface area (Å²) in [6.07, 6.45) is 19.7. The van der Waals surface area contributed by atoms with Crippen molar-refractivity contribution >= 4 is 0 Å². The number of hydrogen-bond acceptors (Lipinski definition) is 2. The largest absolute Gasteiger partial charge is 0.451 e. The lowest BCUT2D eigenvalue weighted by Gasteiger charge is -2.25. The summed E-state index contributed by atoms with van der Waals surface area (Å²) in [7, 11) is 0. The minimum atomic E-state index is 0.202. The minimum absolute atomic E-state index is 0.202. The van der Waals surface area contributed by atoms with Crippen LogP contribution in [-0.4, -0.2) is 4.98 Å². The summed E-state index contributed by atoms with van der Waals surface area (Å²) in [6.45, 7) is 6.85. The fraction of sp³-hybridized carbons (Fsp3) is 0.842. The molecule has 2 nitrogen and oxygen atoms in total. The van der Waals surface area contributed by atoms with Crippen molar-refractivity contribution < 1.29 is 4.42 Å². The third kappa shape index (κ3) is 7.15. The van der Waals surface area contributed by atoms with Crippen molar-refractivity contribution in [1.29, 1.82) is 0 Å². The Morgan fingerprint density at radius 1 is 0.905 bits per heavy atom. The molecule has 0 amide bonds. The molecule has 0 spiro atoms. The van der Waals surface area contributed by atoms with Crippen LogP contribution in [0.25, 0.3) is 0 Å². The third-order valence-electron chi connectivity index (χ3n) is 4.91. The van der Waals surface area contributed by atoms with E-state index >= 15 is 0 Å². The smallest absolute Gasteiger partial charge is 0.180 e. The molecule has 1 atom stereocenters. The molecular formula is C19H35NO. The highest BCUT2D eigenvalue weighted by Crippen LogP contribution is 2.32. The number of unbranched alkanes of at least 4 members (excludes halogenated alkanes) is 9. The molecule has 0 aromatic carbocycles. The Labute approximate surface area is 131 Å². The lowest BCUT2D eigenvalue weighted by Crippen LogP contribution is -2.21. The van der Waals surface area contributed by atoms with Gasteiger partial charge in [0.25, 0.3) is 0 Å². The molecule has 0 aliphatic heterocycles. The number of nitrogens with zero attached hydrogens (tertiary/aromatic N) is 1. The quantitative estimate of drug-likeness (QED) is 0.380. The number of rotatable bonds is 13. The average Bonchev–Trinajstić information content (AvgIpc) is 3.04. The van der Waals surface area contributed by atoms with Crippen LogP contribution < -0.4 is 0 Å². The average molecular weight is 293 g/mol. The van der Waals surface area contributed by atoms with E-state index in [0.29, 0.717) is 0 Å². The van der Waals surface area contributed by atoms with Crippen LogP contribution in [0.5, 0.6) is 0 Å². The molecule has 0 saturated heterocycles. The molecule has 0 bridgehead atoms. The highest BCUT2D eigenvalue weighted by atomic mass is 16.3. The first-order chi connectivity index (χ1) is 10.2. The van der Waals surface area contributed by atoms with Gasteiger partial charge >= 0.3 is 0 Å². The minimum Gasteiger partial charge on any atom is -0.451 e. The van der Waals surface area contributed by atoms with Crippen LogP contribution in [0, 0.1) is 0 Å². The highest BCUT2D eigenvalue weighted by Gasteiger charge is 2.26. The van der Waals surface area contributed by atoms with Gasteiger partial charge in [0.1, 0.15) is 6.26 Å². The zero-order valence-electron chi connectivity index (χ0n) is 14.5. The molecular weight excluding hydrogens is 258 g/mol. The predicted octanol–water partition coefficient (Wildman–Crippen LogP) is 6.65. The fourth-order valence-electron chi connectivity index (χ4n) is 3.00. The first-order valence-electron chi connectivity index (χ1n) is 9.11. The van der Waals surface area contributed by atoms with Crippen LogP contribution in [0.1, 0.15) is 104 Å². The van der Waals surface area contributed by atoms with Gasteiger partial charge in [0.2, 0.25) is 0 Å². The summed E-state index contributed by atoms with van der Waals surface area (Å²) in [4.78, 5) is 4.36. The molecule has 0 aliphatic rings. The van der Waals surface area contributed by atoms with Gasteiger partial charge in [0.15, 0.2) is 6.39 Å². The SMILES string of the molecule is CCCCCCCCCCCCC(C)(CC)c1cocn1. The van der Waals surface area contributed by atoms with E-state index in [2.05, 4.69) is 25.8 Å². The number of aromatic nitrogens is 1. The van der Waals surface area contributed by atoms with Gasteiger partial charge in [0, 0.05) is 5.41 Å². The summed E-state index contributed by atoms with van der Waals surface area (Å²) in [5.41, 5.74) is 1.33. The number of oxazole rings is 1. The molecule has 1 aromatic rings. The standard InChI is InChI=1S/C19H35NO/c1-4-6-7-8-9-10-11-12-13-14-15-19(3,5-2)18-16-21-17-20-18/h16-17H,4-15H2,1-3H3. The number of hydrogen-bond donors (Lipinski definition) is 0. The predicted molar refractivity (Wildman–Crippen MR) is 90.6 cm³/mol. The van der Waals surface area contributed by atoms with Crippen molar-refractivity contribution in [3.63, 3.8) is 0 Å². The molecule has 0 N–H and O–H groups in total. The topological polar surface area (TPSA) is 26.0 Å². The van der Waals surface area contributed by atoms with Gasteiger partial charge < -0.3 is 4.42 Å². The Kier molecular flexibility index (Phi) is 9.45. The lowest BCUT2D eigenvalue weighted by molar-refractivity contribution is 0.382. The molecule has 2 heteroatoms. The zero-order chi connectivity index (χ0) is 15.4. The maximum atomic E-state index is 5.15. The van der Waals surface area contributed by atoms with Crippen molar-refractivity contribution in [1.82, 2.24) is 4.98 Å². The summed E-state index contributed by atoms with van der Waals surface area (Å²) in [6, 6.07) is 0. The second kappa shape index (κ2) is 10.9. The summed E-state index contributed by atoms with van der Waals surface area (Å²) >= 11 is 0. The van der Waals surface area contributed by atoms with Gasteiger partial charge in [-0.1, -0.05) is 85.0 Å². The van der Waals surface area contributed by atoms with Crippen LogP contribution in [0.4, 0.5) is 0 Å². The maximum Gasteiger partial charge on any atom is 0.180 e. The first-order valence-corrected chi connectivity index (χ1v) is 9.11. The Bertz CT molecular complexity index is 333. The van der Waals surface area contributed by atoms with Gasteiger partial charge in [-0.3, -0.25) is 0 Å². The van der Waals surface area contributed by atoms with Crippen LogP contribution in [0.2, 0.25) is 0 Å². The van der Waals surface area contributed by atoms with Crippen LogP contribution in [0.3, 0.4) is 0 Å². The van der Waals surface area contributed by atoms with E-state index in [9.17, 15) is 0 Å². The highest BCUT2D eigenvalue weighted by molar-refractivity contribution is 5.09. The Morgan fingerprint density at radius 2 is 1.48 bits per heavy atom. The van der Waals surface area contributed by atoms with Crippen molar-refractivity contribution in [2.24, 2.45) is 0 Å². The second-order valence-electron chi connectivity index (χ2n) is 6.72. The van der Waals surface area contributed by atoms with Gasteiger partial charge in [-0.2, -0.15) is 0 Å². The lowest BCUT2D eigenvalue weighted by atomic mass is 9.79. The van der Waals surface area contributed by atoms with E-state index in [4.69, 9.17) is 4.42 Å². The Balaban J connectivity index is 2.03. The molecule has 122 valence electrons. The molecule has 21 heavy (non-hydrogen) atoms. The fourth-order valence-corrected chi connectivity index (χ4v) is 3.00. The molecule has 0 radical (unpaired) electrons. The van der Waals surface area contributed by atoms with Gasteiger partial charge in [-0.25, -0.2) is 4.98 Å². The Hall–Kier alpha value is -0.790. The van der Waals surface area contributed by atoms with Gasteiger partial charge in [-0.15, -0.1) is 0 Å². The molecule has 1 rings (SSSR count). The summed E-state index contributed by atoms with van der Waals surface area (Å²) < 4.78 is 5.15. The van der Waals surface area contributed by atoms with Gasteiger partial charge in [0.05, 0.1) is 5.69 Å². The monoisotopic (exact) mass is 293 g/mol. The van der Waals surface area contributed by atoms with Crippen molar-refractivity contribution in [2.45, 2.75) is 103 Å². The van der Waals surface area contributed by atoms with Crippen LogP contribution >= 0.6 is 0 Å². The van der Waals surface area contributed by atoms with E-state index in [0.717, 1.165) is 12.1 Å². The van der Waals surface area contributed by atoms with E-state index in [1.165, 1.54) is 70.6 Å². The molecule has 1 heterocycles. The first kappa shape index (κ1) is 18.3. The van der Waals surface area contributed by atoms with Crippen molar-refractivity contribution in [3.8, 4) is 0 Å². The van der Waals surface area contributed by atoms with Crippen LogP contribution in [-0.2, 0) is 5.41 Å². The molecule has 0 fully saturated rings. The van der Waals surface area contributed by atoms with Crippen LogP contribution in [0.15, 0.2) is 17.1 Å². The van der Waals surface area contributed by atoms with Crippen molar-refractivity contribution in [2.75, 3.05) is 0 Å². The zero-order valence-corrected chi connectivity index (χ0v) is 14.5. The second-order valence-corrected chi connectivity index (χ2v) is 6.72. The van der Waals surface area contributed by atoms with E-state index in [-0.39, 0.29) is 5.41 Å². The van der Waals surface area contributed by atoms with E-state index in [1.807, 2.05) is 6.26 Å². The molecule has 1 unspecified atom stereocenters. The van der Waals surface area contributed by atoms with E-state index < -0.39 is 0 Å².